The van der Waals surface area contributed by atoms with Crippen LogP contribution < -0.4 is 47.2 Å². The van der Waals surface area contributed by atoms with Crippen LogP contribution in [0, 0.1) is 0 Å². The van der Waals surface area contributed by atoms with Gasteiger partial charge in [0.1, 0.15) is 23.0 Å². The minimum atomic E-state index is -0.130. The first-order valence-corrected chi connectivity index (χ1v) is 32.8. The lowest BCUT2D eigenvalue weighted by molar-refractivity contribution is 0.443. The summed E-state index contributed by atoms with van der Waals surface area (Å²) in [7, 11) is 0. The highest BCUT2D eigenvalue weighted by atomic mass is 16.5. The fraction of sp³-hybridized carbons (Fsp3) is 0.308. The molecule has 8 aliphatic rings. The lowest BCUT2D eigenvalue weighted by atomic mass is 9.31. The Bertz CT molecular complexity index is 4250. The van der Waals surface area contributed by atoms with Crippen LogP contribution in [0.1, 0.15) is 174 Å². The first-order chi connectivity index (χ1) is 41.7. The predicted molar refractivity (Wildman–Crippen MR) is 352 cm³/mol. The van der Waals surface area contributed by atoms with E-state index in [-0.39, 0.29) is 13.4 Å². The molecule has 4 aliphatic heterocycles. The van der Waals surface area contributed by atoms with Crippen LogP contribution in [-0.2, 0) is 0 Å². The third-order valence-electron chi connectivity index (χ3n) is 22.0. The van der Waals surface area contributed by atoms with Crippen LogP contribution in [-0.4, -0.2) is 18.0 Å². The van der Waals surface area contributed by atoms with Gasteiger partial charge in [0.15, 0.2) is 0 Å². The normalized spacial score (nSPS) is 18.4. The molecule has 0 spiro atoms. The van der Waals surface area contributed by atoms with Crippen molar-refractivity contribution in [2.75, 3.05) is 4.90 Å². The molecule has 0 N–H and O–H groups in total. The summed E-state index contributed by atoms with van der Waals surface area (Å²) in [4.78, 5) is 2.64. The van der Waals surface area contributed by atoms with Crippen molar-refractivity contribution >= 4 is 85.1 Å². The van der Waals surface area contributed by atoms with Crippen molar-refractivity contribution in [2.24, 2.45) is 0 Å². The minimum absolute atomic E-state index is 0.126. The second-order valence-electron chi connectivity index (χ2n) is 26.7. The summed E-state index contributed by atoms with van der Waals surface area (Å²) in [5, 5.41) is 2.78. The van der Waals surface area contributed by atoms with Gasteiger partial charge in [0.05, 0.1) is 16.9 Å². The molecule has 0 saturated heterocycles. The van der Waals surface area contributed by atoms with E-state index in [0.717, 1.165) is 34.4 Å². The largest absolute Gasteiger partial charge is 0.456 e. The van der Waals surface area contributed by atoms with E-state index in [1.165, 1.54) is 239 Å². The Kier molecular flexibility index (Phi) is 11.8. The summed E-state index contributed by atoms with van der Waals surface area (Å²) in [6, 6.07) is 66.7. The van der Waals surface area contributed by atoms with E-state index in [9.17, 15) is 0 Å². The van der Waals surface area contributed by atoms with Gasteiger partial charge in [-0.3, -0.25) is 0 Å². The number of ether oxygens (including phenoxy) is 2. The van der Waals surface area contributed by atoms with Crippen molar-refractivity contribution in [3.8, 4) is 50.9 Å². The zero-order valence-corrected chi connectivity index (χ0v) is 48.5. The summed E-state index contributed by atoms with van der Waals surface area (Å²) in [5.41, 5.74) is 25.8. The van der Waals surface area contributed by atoms with E-state index in [2.05, 4.69) is 179 Å². The molecular weight excluding hydrogens is 1020 g/mol. The quantitative estimate of drug-likeness (QED) is 0.149. The number of nitrogens with zero attached hydrogens (tertiary/aromatic N) is 2. The molecule has 4 aliphatic carbocycles. The Morgan fingerprint density at radius 1 is 0.345 bits per heavy atom. The zero-order valence-electron chi connectivity index (χ0n) is 48.5. The fourth-order valence-electron chi connectivity index (χ4n) is 17.9. The molecule has 10 aromatic rings. The molecule has 0 radical (unpaired) electrons. The first-order valence-electron chi connectivity index (χ1n) is 32.8. The minimum Gasteiger partial charge on any atom is -0.456 e. The topological polar surface area (TPSA) is 26.6 Å². The number of anilines is 3. The van der Waals surface area contributed by atoms with E-state index in [1.807, 2.05) is 0 Å². The van der Waals surface area contributed by atoms with Gasteiger partial charge >= 0.3 is 0 Å². The Morgan fingerprint density at radius 2 is 0.810 bits per heavy atom. The van der Waals surface area contributed by atoms with Crippen molar-refractivity contribution in [3.05, 3.63) is 192 Å². The average molecular weight is 1090 g/mol. The molecule has 18 rings (SSSR count). The van der Waals surface area contributed by atoms with Crippen molar-refractivity contribution in [1.29, 1.82) is 0 Å². The van der Waals surface area contributed by atoms with Crippen molar-refractivity contribution in [1.82, 2.24) is 4.57 Å². The van der Waals surface area contributed by atoms with E-state index in [1.54, 1.807) is 0 Å². The van der Waals surface area contributed by atoms with Gasteiger partial charge in [-0.2, -0.15) is 0 Å². The molecule has 0 bridgehead atoms. The van der Waals surface area contributed by atoms with Crippen molar-refractivity contribution in [2.45, 2.75) is 152 Å². The Labute approximate surface area is 496 Å². The van der Waals surface area contributed by atoms with Gasteiger partial charge < -0.3 is 18.9 Å². The van der Waals surface area contributed by atoms with E-state index in [4.69, 9.17) is 9.47 Å². The number of hydrogen-bond donors (Lipinski definition) is 0. The molecule has 84 heavy (non-hydrogen) atoms. The van der Waals surface area contributed by atoms with Crippen LogP contribution in [0.5, 0.6) is 23.0 Å². The summed E-state index contributed by atoms with van der Waals surface area (Å²) in [6.07, 6.45) is 25.9. The summed E-state index contributed by atoms with van der Waals surface area (Å²) in [6.45, 7) is -0.256. The summed E-state index contributed by atoms with van der Waals surface area (Å²) in [5.74, 6) is 6.10. The molecule has 0 unspecified atom stereocenters. The van der Waals surface area contributed by atoms with Gasteiger partial charge in [-0.25, -0.2) is 0 Å². The van der Waals surface area contributed by atoms with E-state index >= 15 is 0 Å². The van der Waals surface area contributed by atoms with Gasteiger partial charge in [-0.1, -0.05) is 198 Å². The monoisotopic (exact) mass is 1090 g/mol. The molecule has 5 heterocycles. The second kappa shape index (κ2) is 20.0. The number of aromatic nitrogens is 1. The van der Waals surface area contributed by atoms with Gasteiger partial charge in [0.25, 0.3) is 13.4 Å². The Morgan fingerprint density at radius 3 is 1.39 bits per heavy atom. The molecule has 9 aromatic carbocycles. The summed E-state index contributed by atoms with van der Waals surface area (Å²) < 4.78 is 18.7. The van der Waals surface area contributed by atoms with Crippen molar-refractivity contribution < 1.29 is 9.47 Å². The highest BCUT2D eigenvalue weighted by Gasteiger charge is 2.52. The third-order valence-corrected chi connectivity index (χ3v) is 22.0. The molecule has 0 amide bonds. The van der Waals surface area contributed by atoms with Crippen LogP contribution in [0.2, 0.25) is 0 Å². The van der Waals surface area contributed by atoms with Crippen molar-refractivity contribution in [3.63, 3.8) is 0 Å². The smallest absolute Gasteiger partial charge is 0.256 e. The molecule has 1 aromatic heterocycles. The van der Waals surface area contributed by atoms with Crippen LogP contribution in [0.15, 0.2) is 170 Å². The molecule has 0 atom stereocenters. The van der Waals surface area contributed by atoms with E-state index in [0.29, 0.717) is 23.7 Å². The second-order valence-corrected chi connectivity index (χ2v) is 26.7. The van der Waals surface area contributed by atoms with Crippen LogP contribution in [0.3, 0.4) is 0 Å². The number of benzene rings is 9. The lowest BCUT2D eigenvalue weighted by Crippen LogP contribution is -2.63. The first kappa shape index (κ1) is 49.7. The maximum Gasteiger partial charge on any atom is 0.256 e. The van der Waals surface area contributed by atoms with Crippen LogP contribution in [0.25, 0.3) is 49.7 Å². The van der Waals surface area contributed by atoms with Gasteiger partial charge in [-0.05, 0) is 190 Å². The SMILES string of the molecule is c1ccc(-c2ccc3c(c2)B2c4cc(C5CCCCC5)ccc4N(c4ccc(C5CCCCC5)cc4)c4c5c6c(c(c42)O3)-n2c3ccc(C4CCCCC4)cc3c3cc(C4CCCCC4)cc(c32)B6c2cc(-c3ccccc3)ccc2O5)cc1. The number of rotatable bonds is 7. The van der Waals surface area contributed by atoms with Gasteiger partial charge in [-0.15, -0.1) is 0 Å². The standard InChI is InChI=1S/C78H72B2N2O2/c1-7-19-49(20-8-1)55-31-37-61(38-32-55)81-69-40-34-57(51-23-11-3-12-24-51)45-64(69)79-65-46-58(52-25-13-4-14-26-52)35-41-70(65)84-78-72(79)75(81)77-73-76(78)82-68-39-33-56(50-21-9-2-10-22-50)43-62(68)63-44-60(54-29-17-6-18-30-54)48-67(74(63)82)80(73)66-47-59(36-42-71(66)83-77)53-27-15-5-16-28-53/h4-5,13-16,25-28,31-51,54H,1-3,6-12,17-24,29-30H2. The highest BCUT2D eigenvalue weighted by molar-refractivity contribution is 7.02. The molecule has 412 valence electrons. The van der Waals surface area contributed by atoms with Gasteiger partial charge in [0.2, 0.25) is 0 Å². The zero-order chi connectivity index (χ0) is 55.0. The molecule has 6 heteroatoms. The van der Waals surface area contributed by atoms with Gasteiger partial charge in [0, 0.05) is 38.6 Å². The maximum absolute atomic E-state index is 8.01. The summed E-state index contributed by atoms with van der Waals surface area (Å²) >= 11 is 0. The lowest BCUT2D eigenvalue weighted by Gasteiger charge is -2.45. The molecule has 4 nitrogen and oxygen atoms in total. The molecule has 4 fully saturated rings. The highest BCUT2D eigenvalue weighted by Crippen LogP contribution is 2.53. The number of hydrogen-bond acceptors (Lipinski definition) is 3. The average Bonchev–Trinajstić information content (AvgIpc) is 1.41. The Balaban J connectivity index is 0.971. The number of fused-ring (bicyclic) bond motifs is 13. The molecular formula is C78H72B2N2O2. The van der Waals surface area contributed by atoms with Crippen LogP contribution >= 0.6 is 0 Å². The van der Waals surface area contributed by atoms with E-state index < -0.39 is 0 Å². The van der Waals surface area contributed by atoms with Crippen LogP contribution in [0.4, 0.5) is 17.1 Å². The molecule has 4 saturated carbocycles. The fourth-order valence-corrected chi connectivity index (χ4v) is 17.9. The maximum atomic E-state index is 8.01. The third kappa shape index (κ3) is 7.80. The Hall–Kier alpha value is -7.69. The predicted octanol–water partition coefficient (Wildman–Crippen LogP) is 17.6.